The Morgan fingerprint density at radius 1 is 1.35 bits per heavy atom. The summed E-state index contributed by atoms with van der Waals surface area (Å²) in [6.45, 7) is 5.74. The third kappa shape index (κ3) is 3.70. The van der Waals surface area contributed by atoms with Gasteiger partial charge < -0.3 is 15.0 Å². The molecule has 0 saturated carbocycles. The zero-order chi connectivity index (χ0) is 17.9. The van der Waals surface area contributed by atoms with Crippen LogP contribution in [-0.4, -0.2) is 52.9 Å². The van der Waals surface area contributed by atoms with Crippen LogP contribution in [0.1, 0.15) is 35.4 Å². The third-order valence-corrected chi connectivity index (χ3v) is 6.51. The van der Waals surface area contributed by atoms with Gasteiger partial charge in [-0.15, -0.1) is 11.3 Å². The van der Waals surface area contributed by atoms with Crippen LogP contribution in [0.3, 0.4) is 0 Å². The van der Waals surface area contributed by atoms with Crippen LogP contribution < -0.4 is 10.2 Å². The van der Waals surface area contributed by atoms with E-state index < -0.39 is 0 Å². The molecule has 0 radical (unpaired) electrons. The number of carbonyl (C=O) groups is 1. The van der Waals surface area contributed by atoms with E-state index in [0.717, 1.165) is 58.5 Å². The molecule has 0 aliphatic carbocycles. The van der Waals surface area contributed by atoms with E-state index >= 15 is 0 Å². The molecule has 2 aromatic heterocycles. The number of fused-ring (bicyclic) bond motifs is 1. The smallest absolute Gasteiger partial charge is 0.221 e. The topological polar surface area (TPSA) is 80.2 Å². The molecule has 4 heterocycles. The molecule has 1 fully saturated rings. The van der Waals surface area contributed by atoms with Gasteiger partial charge in [0.1, 0.15) is 0 Å². The lowest BCUT2D eigenvalue weighted by molar-refractivity contribution is -0.121. The van der Waals surface area contributed by atoms with E-state index in [1.807, 2.05) is 12.4 Å². The molecule has 9 heteroatoms. The lowest BCUT2D eigenvalue weighted by Crippen LogP contribution is -2.36. The number of thiazole rings is 1. The van der Waals surface area contributed by atoms with Crippen molar-refractivity contribution in [3.8, 4) is 0 Å². The molecular formula is C17H21N5O2S2. The second-order valence-corrected chi connectivity index (χ2v) is 8.41. The maximum absolute atomic E-state index is 12.2. The summed E-state index contributed by atoms with van der Waals surface area (Å²) >= 11 is 3.29. The van der Waals surface area contributed by atoms with Gasteiger partial charge in [0.25, 0.3) is 0 Å². The highest BCUT2D eigenvalue weighted by atomic mass is 32.2. The lowest BCUT2D eigenvalue weighted by atomic mass is 9.96. The molecule has 0 aromatic carbocycles. The number of carbonyl (C=O) groups excluding carboxylic acids is 1. The Labute approximate surface area is 160 Å². The zero-order valence-corrected chi connectivity index (χ0v) is 16.2. The first-order valence-electron chi connectivity index (χ1n) is 8.78. The molecule has 0 bridgehead atoms. The minimum atomic E-state index is -0.0412. The average Bonchev–Trinajstić information content (AvgIpc) is 3.04. The number of aromatic nitrogens is 3. The molecule has 0 unspecified atom stereocenters. The molecule has 26 heavy (non-hydrogen) atoms. The summed E-state index contributed by atoms with van der Waals surface area (Å²) in [7, 11) is 0. The second kappa shape index (κ2) is 7.89. The van der Waals surface area contributed by atoms with Gasteiger partial charge in [-0.25, -0.2) is 15.0 Å². The Hall–Kier alpha value is -1.71. The highest BCUT2D eigenvalue weighted by Crippen LogP contribution is 2.39. The van der Waals surface area contributed by atoms with E-state index in [1.165, 1.54) is 0 Å². The zero-order valence-electron chi connectivity index (χ0n) is 14.6. The van der Waals surface area contributed by atoms with E-state index in [2.05, 4.69) is 27.1 Å². The summed E-state index contributed by atoms with van der Waals surface area (Å²) in [5.41, 5.74) is 1.93. The molecule has 1 saturated heterocycles. The fraction of sp³-hybridized carbons (Fsp3) is 0.529. The number of nitrogens with one attached hydrogen (secondary N) is 1. The Kier molecular flexibility index (Phi) is 5.37. The number of nitrogens with zero attached hydrogens (tertiary/aromatic N) is 4. The summed E-state index contributed by atoms with van der Waals surface area (Å²) in [5, 5.41) is 4.75. The maximum Gasteiger partial charge on any atom is 0.221 e. The number of morpholine rings is 1. The first-order valence-corrected chi connectivity index (χ1v) is 10.6. The quantitative estimate of drug-likeness (QED) is 0.631. The largest absolute Gasteiger partial charge is 0.378 e. The lowest BCUT2D eigenvalue weighted by Gasteiger charge is -2.26. The Balaban J connectivity index is 1.65. The molecule has 7 nitrogen and oxygen atoms in total. The van der Waals surface area contributed by atoms with Crippen LogP contribution in [0.5, 0.6) is 0 Å². The van der Waals surface area contributed by atoms with Gasteiger partial charge in [-0.05, 0) is 11.3 Å². The molecule has 2 aromatic rings. The average molecular weight is 392 g/mol. The normalized spacial score (nSPS) is 20.4. The van der Waals surface area contributed by atoms with Gasteiger partial charge in [-0.3, -0.25) is 4.79 Å². The van der Waals surface area contributed by atoms with Gasteiger partial charge >= 0.3 is 0 Å². The number of amides is 1. The van der Waals surface area contributed by atoms with Gasteiger partial charge in [0.2, 0.25) is 5.91 Å². The van der Waals surface area contributed by atoms with Gasteiger partial charge in [-0.2, -0.15) is 0 Å². The second-order valence-electron chi connectivity index (χ2n) is 6.17. The van der Waals surface area contributed by atoms with Crippen molar-refractivity contribution in [1.82, 2.24) is 20.3 Å². The van der Waals surface area contributed by atoms with E-state index in [9.17, 15) is 4.79 Å². The summed E-state index contributed by atoms with van der Waals surface area (Å²) in [4.78, 5) is 29.3. The first kappa shape index (κ1) is 17.7. The maximum atomic E-state index is 12.2. The Bertz CT molecular complexity index is 774. The van der Waals surface area contributed by atoms with Crippen molar-refractivity contribution in [3.63, 3.8) is 0 Å². The number of thioether (sulfide) groups is 1. The SMILES string of the molecule is CCSc1ncc([C@@H]2CC(=O)NCc3nc(N4CCOCC4)sc32)cn1. The van der Waals surface area contributed by atoms with Crippen LogP contribution in [0.25, 0.3) is 0 Å². The van der Waals surface area contributed by atoms with Crippen molar-refractivity contribution in [2.24, 2.45) is 0 Å². The van der Waals surface area contributed by atoms with E-state index in [-0.39, 0.29) is 11.8 Å². The standard InChI is InChI=1S/C17H21N5O2S2/c1-2-25-16-19-8-11(9-20-16)12-7-14(23)18-10-13-15(12)26-17(21-13)22-3-5-24-6-4-22/h8-9,12H,2-7,10H2,1H3,(H,18,23)/t12-/m0/s1. The highest BCUT2D eigenvalue weighted by Gasteiger charge is 2.30. The van der Waals surface area contributed by atoms with Crippen molar-refractivity contribution in [3.05, 3.63) is 28.5 Å². The summed E-state index contributed by atoms with van der Waals surface area (Å²) in [5.74, 6) is 0.938. The molecule has 1 N–H and O–H groups in total. The molecule has 2 aliphatic rings. The fourth-order valence-electron chi connectivity index (χ4n) is 3.15. The van der Waals surface area contributed by atoms with Crippen molar-refractivity contribution in [2.75, 3.05) is 37.0 Å². The fourth-order valence-corrected chi connectivity index (χ4v) is 4.93. The van der Waals surface area contributed by atoms with Crippen LogP contribution in [0.4, 0.5) is 5.13 Å². The Morgan fingerprint density at radius 2 is 2.12 bits per heavy atom. The monoisotopic (exact) mass is 391 g/mol. The van der Waals surface area contributed by atoms with E-state index in [0.29, 0.717) is 13.0 Å². The predicted molar refractivity (Wildman–Crippen MR) is 102 cm³/mol. The first-order chi connectivity index (χ1) is 12.7. The molecule has 2 aliphatic heterocycles. The molecular weight excluding hydrogens is 370 g/mol. The molecule has 0 spiro atoms. The van der Waals surface area contributed by atoms with Crippen LogP contribution >= 0.6 is 23.1 Å². The minimum absolute atomic E-state index is 0.0412. The van der Waals surface area contributed by atoms with Crippen molar-refractivity contribution < 1.29 is 9.53 Å². The molecule has 138 valence electrons. The highest BCUT2D eigenvalue weighted by molar-refractivity contribution is 7.99. The van der Waals surface area contributed by atoms with E-state index in [4.69, 9.17) is 9.72 Å². The number of anilines is 1. The van der Waals surface area contributed by atoms with Gasteiger partial charge in [0.15, 0.2) is 10.3 Å². The Morgan fingerprint density at radius 3 is 2.85 bits per heavy atom. The van der Waals surface area contributed by atoms with E-state index in [1.54, 1.807) is 23.1 Å². The summed E-state index contributed by atoms with van der Waals surface area (Å²) in [6, 6.07) is 0. The number of hydrogen-bond donors (Lipinski definition) is 1. The summed E-state index contributed by atoms with van der Waals surface area (Å²) < 4.78 is 5.44. The minimum Gasteiger partial charge on any atom is -0.378 e. The molecule has 4 rings (SSSR count). The van der Waals surface area contributed by atoms with Crippen LogP contribution in [0.15, 0.2) is 17.6 Å². The van der Waals surface area contributed by atoms with Gasteiger partial charge in [-0.1, -0.05) is 18.7 Å². The van der Waals surface area contributed by atoms with Crippen LogP contribution in [0, 0.1) is 0 Å². The molecule has 1 atom stereocenters. The van der Waals surface area contributed by atoms with Gasteiger partial charge in [0.05, 0.1) is 25.5 Å². The number of rotatable bonds is 4. The van der Waals surface area contributed by atoms with Gasteiger partial charge in [0, 0.05) is 42.7 Å². The summed E-state index contributed by atoms with van der Waals surface area (Å²) in [6.07, 6.45) is 4.11. The van der Waals surface area contributed by atoms with Crippen molar-refractivity contribution >= 4 is 34.1 Å². The van der Waals surface area contributed by atoms with Crippen molar-refractivity contribution in [1.29, 1.82) is 0 Å². The predicted octanol–water partition coefficient (Wildman–Crippen LogP) is 2.03. The number of ether oxygens (including phenoxy) is 1. The third-order valence-electron chi connectivity index (χ3n) is 4.48. The number of hydrogen-bond acceptors (Lipinski definition) is 8. The van der Waals surface area contributed by atoms with Crippen LogP contribution in [0.2, 0.25) is 0 Å². The van der Waals surface area contributed by atoms with Crippen molar-refractivity contribution in [2.45, 2.75) is 31.0 Å². The van der Waals surface area contributed by atoms with Crippen LogP contribution in [-0.2, 0) is 16.1 Å². The molecule has 1 amide bonds.